The van der Waals surface area contributed by atoms with Crippen molar-refractivity contribution < 1.29 is 9.90 Å². The fourth-order valence-corrected chi connectivity index (χ4v) is 3.71. The topological polar surface area (TPSA) is 64.3 Å². The van der Waals surface area contributed by atoms with E-state index in [4.69, 9.17) is 0 Å². The van der Waals surface area contributed by atoms with Gasteiger partial charge in [-0.05, 0) is 19.8 Å². The first-order chi connectivity index (χ1) is 10.6. The number of nitriles is 1. The lowest BCUT2D eigenvalue weighted by Gasteiger charge is -2.42. The number of aliphatic hydroxyl groups is 1. The standard InChI is InChI=1S/C18H20N2O2/c1-13-16(12-19)17(21)20(15-10-6-3-7-11-15)18(13,22)14-8-4-2-5-9-14/h2,4-5,8-9,15,22H,3,6-7,10-11H2,1H3. The molecule has 1 N–H and O–H groups in total. The molecule has 4 heteroatoms. The van der Waals surface area contributed by atoms with Crippen LogP contribution < -0.4 is 0 Å². The maximum absolute atomic E-state index is 12.7. The molecule has 1 fully saturated rings. The molecule has 114 valence electrons. The van der Waals surface area contributed by atoms with E-state index >= 15 is 0 Å². The van der Waals surface area contributed by atoms with Crippen LogP contribution in [-0.4, -0.2) is 22.0 Å². The molecule has 3 rings (SSSR count). The third-order valence-corrected chi connectivity index (χ3v) is 4.91. The number of hydrogen-bond donors (Lipinski definition) is 1. The molecule has 4 nitrogen and oxygen atoms in total. The van der Waals surface area contributed by atoms with Gasteiger partial charge in [0.05, 0.1) is 0 Å². The molecule has 22 heavy (non-hydrogen) atoms. The fourth-order valence-electron chi connectivity index (χ4n) is 3.71. The Morgan fingerprint density at radius 1 is 1.23 bits per heavy atom. The Morgan fingerprint density at radius 2 is 1.86 bits per heavy atom. The fraction of sp³-hybridized carbons (Fsp3) is 0.444. The average molecular weight is 296 g/mol. The van der Waals surface area contributed by atoms with Crippen LogP contribution in [0.15, 0.2) is 41.5 Å². The number of carbonyl (C=O) groups excluding carboxylic acids is 1. The smallest absolute Gasteiger partial charge is 0.267 e. The van der Waals surface area contributed by atoms with Gasteiger partial charge < -0.3 is 5.11 Å². The summed E-state index contributed by atoms with van der Waals surface area (Å²) in [6.45, 7) is 1.69. The van der Waals surface area contributed by atoms with Gasteiger partial charge in [0.15, 0.2) is 5.72 Å². The summed E-state index contributed by atoms with van der Waals surface area (Å²) >= 11 is 0. The Balaban J connectivity index is 2.11. The second-order valence-corrected chi connectivity index (χ2v) is 6.12. The molecule has 1 heterocycles. The first kappa shape index (κ1) is 14.8. The Hall–Kier alpha value is -2.12. The number of benzene rings is 1. The number of nitrogens with zero attached hydrogens (tertiary/aromatic N) is 2. The third-order valence-electron chi connectivity index (χ3n) is 4.91. The Morgan fingerprint density at radius 3 is 2.45 bits per heavy atom. The first-order valence-corrected chi connectivity index (χ1v) is 7.83. The zero-order valence-corrected chi connectivity index (χ0v) is 12.7. The van der Waals surface area contributed by atoms with Gasteiger partial charge in [-0.15, -0.1) is 0 Å². The largest absolute Gasteiger partial charge is 0.363 e. The quantitative estimate of drug-likeness (QED) is 0.912. The highest BCUT2D eigenvalue weighted by molar-refractivity contribution is 6.02. The van der Waals surface area contributed by atoms with Crippen molar-refractivity contribution in [2.75, 3.05) is 0 Å². The van der Waals surface area contributed by atoms with Crippen molar-refractivity contribution in [2.24, 2.45) is 0 Å². The Bertz CT molecular complexity index is 653. The lowest BCUT2D eigenvalue weighted by Crippen LogP contribution is -2.51. The number of amides is 1. The first-order valence-electron chi connectivity index (χ1n) is 7.83. The van der Waals surface area contributed by atoms with Crippen LogP contribution >= 0.6 is 0 Å². The van der Waals surface area contributed by atoms with Gasteiger partial charge >= 0.3 is 0 Å². The summed E-state index contributed by atoms with van der Waals surface area (Å²) in [5, 5.41) is 20.7. The molecule has 1 aromatic carbocycles. The predicted molar refractivity (Wildman–Crippen MR) is 82.4 cm³/mol. The maximum Gasteiger partial charge on any atom is 0.267 e. The molecule has 0 spiro atoms. The van der Waals surface area contributed by atoms with Gasteiger partial charge in [-0.1, -0.05) is 49.6 Å². The van der Waals surface area contributed by atoms with Crippen molar-refractivity contribution in [2.45, 2.75) is 50.8 Å². The van der Waals surface area contributed by atoms with E-state index in [1.807, 2.05) is 36.4 Å². The van der Waals surface area contributed by atoms with Crippen LogP contribution in [0.3, 0.4) is 0 Å². The van der Waals surface area contributed by atoms with E-state index in [1.54, 1.807) is 11.8 Å². The summed E-state index contributed by atoms with van der Waals surface area (Å²) in [6, 6.07) is 11.2. The molecular formula is C18H20N2O2. The summed E-state index contributed by atoms with van der Waals surface area (Å²) in [4.78, 5) is 14.3. The molecule has 2 aliphatic rings. The van der Waals surface area contributed by atoms with Crippen molar-refractivity contribution in [3.05, 3.63) is 47.0 Å². The van der Waals surface area contributed by atoms with E-state index < -0.39 is 5.72 Å². The predicted octanol–water partition coefficient (Wildman–Crippen LogP) is 2.85. The summed E-state index contributed by atoms with van der Waals surface area (Å²) < 4.78 is 0. The molecule has 0 aromatic heterocycles. The van der Waals surface area contributed by atoms with Gasteiger partial charge in [0.2, 0.25) is 0 Å². The minimum Gasteiger partial charge on any atom is -0.363 e. The van der Waals surface area contributed by atoms with Crippen molar-refractivity contribution in [1.82, 2.24) is 4.90 Å². The molecule has 0 bridgehead atoms. The normalized spacial score (nSPS) is 26.4. The molecule has 1 atom stereocenters. The second kappa shape index (κ2) is 5.58. The van der Waals surface area contributed by atoms with E-state index in [0.29, 0.717) is 11.1 Å². The van der Waals surface area contributed by atoms with Crippen LogP contribution in [-0.2, 0) is 10.5 Å². The SMILES string of the molecule is CC1=C(C#N)C(=O)N(C2CCCCC2)C1(O)c1ccccc1. The van der Waals surface area contributed by atoms with Gasteiger partial charge in [-0.3, -0.25) is 9.69 Å². The monoisotopic (exact) mass is 296 g/mol. The van der Waals surface area contributed by atoms with E-state index in [0.717, 1.165) is 25.7 Å². The lowest BCUT2D eigenvalue weighted by molar-refractivity contribution is -0.153. The van der Waals surface area contributed by atoms with E-state index in [1.165, 1.54) is 6.42 Å². The summed E-state index contributed by atoms with van der Waals surface area (Å²) in [6.07, 6.45) is 5.04. The van der Waals surface area contributed by atoms with Crippen LogP contribution in [0.1, 0.15) is 44.6 Å². The van der Waals surface area contributed by atoms with Crippen molar-refractivity contribution in [3.63, 3.8) is 0 Å². The molecular weight excluding hydrogens is 276 g/mol. The van der Waals surface area contributed by atoms with Crippen molar-refractivity contribution in [3.8, 4) is 6.07 Å². The second-order valence-electron chi connectivity index (χ2n) is 6.12. The third kappa shape index (κ3) is 2.05. The Kier molecular flexibility index (Phi) is 3.76. The van der Waals surface area contributed by atoms with Crippen LogP contribution in [0.4, 0.5) is 0 Å². The van der Waals surface area contributed by atoms with Crippen LogP contribution in [0.5, 0.6) is 0 Å². The van der Waals surface area contributed by atoms with Crippen LogP contribution in [0.2, 0.25) is 0 Å². The maximum atomic E-state index is 12.7. The molecule has 1 saturated carbocycles. The number of carbonyl (C=O) groups is 1. The summed E-state index contributed by atoms with van der Waals surface area (Å²) in [5.74, 6) is -0.335. The molecule has 0 radical (unpaired) electrons. The van der Waals surface area contributed by atoms with Gasteiger partial charge in [-0.2, -0.15) is 5.26 Å². The zero-order chi connectivity index (χ0) is 15.7. The molecule has 1 amide bonds. The highest BCUT2D eigenvalue weighted by Crippen LogP contribution is 2.44. The van der Waals surface area contributed by atoms with E-state index in [2.05, 4.69) is 0 Å². The summed E-state index contributed by atoms with van der Waals surface area (Å²) in [5.41, 5.74) is -0.323. The molecule has 1 aliphatic heterocycles. The summed E-state index contributed by atoms with van der Waals surface area (Å²) in [7, 11) is 0. The lowest BCUT2D eigenvalue weighted by atomic mass is 9.89. The highest BCUT2D eigenvalue weighted by Gasteiger charge is 2.52. The molecule has 1 aliphatic carbocycles. The molecule has 1 aromatic rings. The van der Waals surface area contributed by atoms with Gasteiger partial charge in [0, 0.05) is 17.2 Å². The molecule has 1 unspecified atom stereocenters. The van der Waals surface area contributed by atoms with Gasteiger partial charge in [0.1, 0.15) is 11.6 Å². The van der Waals surface area contributed by atoms with E-state index in [-0.39, 0.29) is 17.5 Å². The van der Waals surface area contributed by atoms with Gasteiger partial charge in [0.25, 0.3) is 5.91 Å². The number of rotatable bonds is 2. The Labute approximate surface area is 130 Å². The average Bonchev–Trinajstić information content (AvgIpc) is 2.76. The minimum atomic E-state index is -1.49. The van der Waals surface area contributed by atoms with Crippen LogP contribution in [0, 0.1) is 11.3 Å². The van der Waals surface area contributed by atoms with E-state index in [9.17, 15) is 15.2 Å². The zero-order valence-electron chi connectivity index (χ0n) is 12.7. The highest BCUT2D eigenvalue weighted by atomic mass is 16.3. The van der Waals surface area contributed by atoms with Crippen molar-refractivity contribution in [1.29, 1.82) is 5.26 Å². The minimum absolute atomic E-state index is 0.00717. The van der Waals surface area contributed by atoms with Crippen molar-refractivity contribution >= 4 is 5.91 Å². The number of hydrogen-bond acceptors (Lipinski definition) is 3. The van der Waals surface area contributed by atoms with Gasteiger partial charge in [-0.25, -0.2) is 0 Å². The van der Waals surface area contributed by atoms with Crippen LogP contribution in [0.25, 0.3) is 0 Å². The molecule has 0 saturated heterocycles.